The minimum atomic E-state index is -0.660. The zero-order valence-corrected chi connectivity index (χ0v) is 31.8. The fourth-order valence-corrected chi connectivity index (χ4v) is 6.01. The van der Waals surface area contributed by atoms with Crippen LogP contribution in [-0.4, -0.2) is 99.4 Å². The Balaban J connectivity index is 1.19. The lowest BCUT2D eigenvalue weighted by molar-refractivity contribution is 0.0140. The van der Waals surface area contributed by atoms with E-state index in [9.17, 15) is 4.79 Å². The Morgan fingerprint density at radius 2 is 1.53 bits per heavy atom. The van der Waals surface area contributed by atoms with Gasteiger partial charge in [0.25, 0.3) is 5.91 Å². The normalized spacial score (nSPS) is 15.1. The smallest absolute Gasteiger partial charge is 0.251 e. The van der Waals surface area contributed by atoms with Crippen molar-refractivity contribution in [1.29, 1.82) is 5.41 Å². The molecule has 4 rings (SSSR count). The molecule has 53 heavy (non-hydrogen) atoms. The number of hydrogen-bond donors (Lipinski definition) is 4. The molecule has 1 amide bonds. The summed E-state index contributed by atoms with van der Waals surface area (Å²) >= 11 is 0. The number of carbonyl (C=O) groups is 1. The van der Waals surface area contributed by atoms with Gasteiger partial charge in [0.2, 0.25) is 0 Å². The lowest BCUT2D eigenvalue weighted by atomic mass is 9.85. The summed E-state index contributed by atoms with van der Waals surface area (Å²) < 4.78 is 22.5. The Labute approximate surface area is 315 Å². The van der Waals surface area contributed by atoms with Crippen LogP contribution in [0, 0.1) is 5.41 Å². The molecule has 2 heterocycles. The Morgan fingerprint density at radius 1 is 0.887 bits per heavy atom. The number of ether oxygens (including phenoxy) is 4. The monoisotopic (exact) mass is 729 g/mol. The zero-order valence-electron chi connectivity index (χ0n) is 31.8. The predicted molar refractivity (Wildman–Crippen MR) is 211 cm³/mol. The van der Waals surface area contributed by atoms with Gasteiger partial charge in [0.15, 0.2) is 5.84 Å². The summed E-state index contributed by atoms with van der Waals surface area (Å²) in [6.45, 7) is 10.4. The Kier molecular flexibility index (Phi) is 17.7. The summed E-state index contributed by atoms with van der Waals surface area (Å²) in [5, 5.41) is 15.3. The van der Waals surface area contributed by atoms with Crippen molar-refractivity contribution in [3.05, 3.63) is 89.7 Å². The summed E-state index contributed by atoms with van der Waals surface area (Å²) in [6.07, 6.45) is 9.91. The number of nitrogens with zero attached hydrogens (tertiary/aromatic N) is 3. The van der Waals surface area contributed by atoms with Crippen molar-refractivity contribution in [2.75, 3.05) is 71.7 Å². The van der Waals surface area contributed by atoms with Crippen LogP contribution in [0.1, 0.15) is 86.3 Å². The van der Waals surface area contributed by atoms with Crippen LogP contribution in [0.25, 0.3) is 0 Å². The van der Waals surface area contributed by atoms with Crippen LogP contribution in [0.5, 0.6) is 5.75 Å². The number of nitrogens with two attached hydrogens (primary N) is 1. The number of amidine groups is 2. The standard InChI is InChI=1S/C41H59N7O5/c1-4-24-50-27-29-52-30-28-51-25-7-5-6-8-26-53-37-14-12-33(13-15-37)32(2)45-39(49)35-10-9-11-36(31-35)47-41(18-22-48(3)23-19-41)40(43)46-38(42)34-16-20-44-21-17-34/h9-17,20-21,31-32,47H,4-8,18-19,22-30H2,1-3H3,(H,45,49)(H3,42,43,46). The highest BCUT2D eigenvalue weighted by Gasteiger charge is 2.38. The van der Waals surface area contributed by atoms with Crippen molar-refractivity contribution in [2.24, 2.45) is 10.7 Å². The number of hydrogen-bond acceptors (Lipinski definition) is 9. The van der Waals surface area contributed by atoms with Crippen molar-refractivity contribution in [3.8, 4) is 5.75 Å². The van der Waals surface area contributed by atoms with Crippen LogP contribution in [0.2, 0.25) is 0 Å². The highest BCUT2D eigenvalue weighted by Crippen LogP contribution is 2.28. The summed E-state index contributed by atoms with van der Waals surface area (Å²) in [5.74, 6) is 1.08. The number of carbonyl (C=O) groups excluding carboxylic acids is 1. The average molecular weight is 730 g/mol. The van der Waals surface area contributed by atoms with Crippen molar-refractivity contribution in [3.63, 3.8) is 0 Å². The van der Waals surface area contributed by atoms with E-state index < -0.39 is 5.54 Å². The van der Waals surface area contributed by atoms with Crippen LogP contribution in [0.4, 0.5) is 5.69 Å². The molecule has 2 aromatic carbocycles. The number of nitrogens with one attached hydrogen (secondary N) is 3. The Morgan fingerprint density at radius 3 is 2.21 bits per heavy atom. The molecule has 1 unspecified atom stereocenters. The molecule has 1 atom stereocenters. The van der Waals surface area contributed by atoms with E-state index in [2.05, 4.69) is 39.5 Å². The summed E-state index contributed by atoms with van der Waals surface area (Å²) in [4.78, 5) is 24.2. The van der Waals surface area contributed by atoms with E-state index in [1.54, 1.807) is 30.6 Å². The maximum absolute atomic E-state index is 13.4. The van der Waals surface area contributed by atoms with E-state index in [4.69, 9.17) is 30.1 Å². The van der Waals surface area contributed by atoms with E-state index in [0.717, 1.165) is 75.4 Å². The van der Waals surface area contributed by atoms with Gasteiger partial charge in [-0.1, -0.05) is 31.5 Å². The summed E-state index contributed by atoms with van der Waals surface area (Å²) in [5.41, 5.74) is 8.93. The molecule has 3 aromatic rings. The van der Waals surface area contributed by atoms with Crippen LogP contribution in [0.15, 0.2) is 78.0 Å². The fourth-order valence-electron chi connectivity index (χ4n) is 6.01. The zero-order chi connectivity index (χ0) is 37.7. The van der Waals surface area contributed by atoms with Gasteiger partial charge in [-0.25, -0.2) is 4.99 Å². The average Bonchev–Trinajstić information content (AvgIpc) is 3.18. The maximum atomic E-state index is 13.4. The van der Waals surface area contributed by atoms with Crippen LogP contribution in [0.3, 0.4) is 0 Å². The summed E-state index contributed by atoms with van der Waals surface area (Å²) in [7, 11) is 2.08. The second-order valence-corrected chi connectivity index (χ2v) is 13.5. The minimum absolute atomic E-state index is 0.0851. The van der Waals surface area contributed by atoms with Crippen molar-refractivity contribution < 1.29 is 23.7 Å². The molecule has 0 spiro atoms. The molecule has 1 aliphatic heterocycles. The largest absolute Gasteiger partial charge is 0.494 e. The molecular formula is C41H59N7O5. The van der Waals surface area contributed by atoms with Gasteiger partial charge in [-0.15, -0.1) is 0 Å². The van der Waals surface area contributed by atoms with E-state index in [1.165, 1.54) is 0 Å². The van der Waals surface area contributed by atoms with E-state index in [1.807, 2.05) is 49.4 Å². The first kappa shape index (κ1) is 41.4. The van der Waals surface area contributed by atoms with Crippen LogP contribution in [-0.2, 0) is 14.2 Å². The van der Waals surface area contributed by atoms with Gasteiger partial charge >= 0.3 is 0 Å². The highest BCUT2D eigenvalue weighted by molar-refractivity contribution is 6.07. The van der Waals surface area contributed by atoms with Crippen molar-refractivity contribution in [2.45, 2.75) is 70.4 Å². The first-order chi connectivity index (χ1) is 25.8. The lowest BCUT2D eigenvalue weighted by Crippen LogP contribution is -2.56. The molecule has 5 N–H and O–H groups in total. The lowest BCUT2D eigenvalue weighted by Gasteiger charge is -2.41. The second kappa shape index (κ2) is 22.7. The molecule has 288 valence electrons. The molecule has 1 aromatic heterocycles. The van der Waals surface area contributed by atoms with Gasteiger partial charge < -0.3 is 40.2 Å². The SMILES string of the molecule is CCCOCCOCCOCCCCCCOc1ccc(C(C)NC(=O)c2cccc(NC3(C(N)=NC(=N)c4ccncc4)CCN(C)CC3)c2)cc1. The number of rotatable bonds is 23. The molecule has 1 saturated heterocycles. The molecule has 12 nitrogen and oxygen atoms in total. The van der Waals surface area contributed by atoms with E-state index in [-0.39, 0.29) is 17.8 Å². The number of piperidine rings is 1. The topological polar surface area (TPSA) is 156 Å². The van der Waals surface area contributed by atoms with E-state index in [0.29, 0.717) is 62.8 Å². The molecule has 0 aliphatic carbocycles. The van der Waals surface area contributed by atoms with Gasteiger partial charge in [-0.2, -0.15) is 0 Å². The first-order valence-corrected chi connectivity index (χ1v) is 19.0. The quantitative estimate of drug-likeness (QED) is 0.0505. The number of anilines is 1. The number of amides is 1. The van der Waals surface area contributed by atoms with Crippen molar-refractivity contribution in [1.82, 2.24) is 15.2 Å². The third-order valence-electron chi connectivity index (χ3n) is 9.30. The molecule has 1 aliphatic rings. The number of benzene rings is 2. The predicted octanol–water partition coefficient (Wildman–Crippen LogP) is 6.23. The molecule has 12 heteroatoms. The first-order valence-electron chi connectivity index (χ1n) is 19.0. The Bertz CT molecular complexity index is 1550. The highest BCUT2D eigenvalue weighted by atomic mass is 16.5. The van der Waals surface area contributed by atoms with Crippen LogP contribution >= 0.6 is 0 Å². The molecule has 0 saturated carbocycles. The Hall–Kier alpha value is -4.36. The summed E-state index contributed by atoms with van der Waals surface area (Å²) in [6, 6.07) is 18.6. The maximum Gasteiger partial charge on any atom is 0.251 e. The van der Waals surface area contributed by atoms with Gasteiger partial charge in [0.05, 0.1) is 44.6 Å². The molecule has 0 radical (unpaired) electrons. The number of likely N-dealkylation sites (tertiary alicyclic amines) is 1. The fraction of sp³-hybridized carbons (Fsp3) is 0.512. The number of aromatic nitrogens is 1. The molecule has 1 fully saturated rings. The third-order valence-corrected chi connectivity index (χ3v) is 9.30. The third kappa shape index (κ3) is 14.2. The van der Waals surface area contributed by atoms with Crippen LogP contribution < -0.4 is 21.1 Å². The second-order valence-electron chi connectivity index (χ2n) is 13.5. The molecule has 0 bridgehead atoms. The van der Waals surface area contributed by atoms with Gasteiger partial charge in [0, 0.05) is 55.5 Å². The van der Waals surface area contributed by atoms with Gasteiger partial charge in [-0.05, 0) is 101 Å². The number of unbranched alkanes of at least 4 members (excludes halogenated alkanes) is 3. The number of aliphatic imine (C=N–C) groups is 1. The molecular weight excluding hydrogens is 670 g/mol. The minimum Gasteiger partial charge on any atom is -0.494 e. The van der Waals surface area contributed by atoms with Gasteiger partial charge in [0.1, 0.15) is 11.6 Å². The van der Waals surface area contributed by atoms with Crippen molar-refractivity contribution >= 4 is 23.3 Å². The number of pyridine rings is 1. The van der Waals surface area contributed by atoms with Gasteiger partial charge in [-0.3, -0.25) is 15.2 Å². The van der Waals surface area contributed by atoms with E-state index >= 15 is 0 Å².